The van der Waals surface area contributed by atoms with E-state index in [0.29, 0.717) is 17.4 Å². The Hall–Kier alpha value is -1.64. The molecule has 0 atom stereocenters. The number of rotatable bonds is 3. The summed E-state index contributed by atoms with van der Waals surface area (Å²) < 4.78 is 40.0. The summed E-state index contributed by atoms with van der Waals surface area (Å²) in [5, 5.41) is 2.86. The van der Waals surface area contributed by atoms with E-state index in [-0.39, 0.29) is 11.7 Å². The number of alkyl halides is 3. The summed E-state index contributed by atoms with van der Waals surface area (Å²) >= 11 is 0.673. The Morgan fingerprint density at radius 2 is 2.00 bits per heavy atom. The number of aryl methyl sites for hydroxylation is 2. The van der Waals surface area contributed by atoms with Crippen molar-refractivity contribution in [3.05, 3.63) is 23.0 Å². The van der Waals surface area contributed by atoms with Gasteiger partial charge in [-0.3, -0.25) is 0 Å². The molecule has 5 nitrogen and oxygen atoms in total. The first-order valence-electron chi connectivity index (χ1n) is 5.03. The number of nitrogens with zero attached hydrogens (tertiary/aromatic N) is 3. The first-order valence-corrected chi connectivity index (χ1v) is 5.80. The number of imidazole rings is 1. The Bertz CT molecular complexity index is 525. The van der Waals surface area contributed by atoms with Crippen molar-refractivity contribution in [1.82, 2.24) is 19.3 Å². The zero-order valence-electron chi connectivity index (χ0n) is 9.59. The van der Waals surface area contributed by atoms with E-state index in [9.17, 15) is 13.2 Å². The zero-order chi connectivity index (χ0) is 13.3. The molecule has 0 fully saturated rings. The minimum Gasteiger partial charge on any atom is -0.353 e. The first-order chi connectivity index (χ1) is 8.36. The second kappa shape index (κ2) is 4.56. The van der Waals surface area contributed by atoms with Crippen molar-refractivity contribution in [2.75, 3.05) is 5.32 Å². The molecule has 98 valence electrons. The number of hydrogen-bond donors (Lipinski definition) is 2. The molecular formula is C9H10F3N5S. The van der Waals surface area contributed by atoms with E-state index in [4.69, 9.17) is 0 Å². The third kappa shape index (κ3) is 2.78. The summed E-state index contributed by atoms with van der Waals surface area (Å²) in [4.78, 5) is 10.6. The molecule has 0 bridgehead atoms. The molecule has 0 radical (unpaired) electrons. The summed E-state index contributed by atoms with van der Waals surface area (Å²) in [6.45, 7) is 4.00. The van der Waals surface area contributed by atoms with Crippen LogP contribution in [0.5, 0.6) is 0 Å². The van der Waals surface area contributed by atoms with Gasteiger partial charge in [0.05, 0.1) is 12.2 Å². The highest BCUT2D eigenvalue weighted by Gasteiger charge is 2.36. The van der Waals surface area contributed by atoms with Gasteiger partial charge in [-0.25, -0.2) is 4.98 Å². The number of hydrogen-bond acceptors (Lipinski definition) is 5. The SMILES string of the molecule is Cc1nc(CNc2nc(C(F)(F)F)ns2)[nH]c1C. The van der Waals surface area contributed by atoms with Gasteiger partial charge in [0, 0.05) is 17.2 Å². The number of halogens is 3. The largest absolute Gasteiger partial charge is 0.452 e. The predicted molar refractivity (Wildman–Crippen MR) is 60.3 cm³/mol. The maximum absolute atomic E-state index is 12.3. The smallest absolute Gasteiger partial charge is 0.353 e. The van der Waals surface area contributed by atoms with Crippen LogP contribution in [-0.4, -0.2) is 19.3 Å². The van der Waals surface area contributed by atoms with Gasteiger partial charge in [-0.1, -0.05) is 0 Å². The van der Waals surface area contributed by atoms with Crippen molar-refractivity contribution in [1.29, 1.82) is 0 Å². The van der Waals surface area contributed by atoms with Crippen LogP contribution in [0.15, 0.2) is 0 Å². The Balaban J connectivity index is 2.00. The molecule has 0 unspecified atom stereocenters. The molecule has 2 aromatic heterocycles. The Kier molecular flexibility index (Phi) is 3.24. The number of nitrogens with one attached hydrogen (secondary N) is 2. The second-order valence-corrected chi connectivity index (χ2v) is 4.42. The van der Waals surface area contributed by atoms with Crippen LogP contribution in [0.4, 0.5) is 18.3 Å². The highest BCUT2D eigenvalue weighted by molar-refractivity contribution is 7.09. The molecule has 2 aromatic rings. The number of aromatic amines is 1. The maximum atomic E-state index is 12.3. The lowest BCUT2D eigenvalue weighted by Gasteiger charge is -1.99. The molecule has 0 aliphatic heterocycles. The molecule has 18 heavy (non-hydrogen) atoms. The first kappa shape index (κ1) is 12.8. The van der Waals surface area contributed by atoms with Crippen LogP contribution in [0, 0.1) is 13.8 Å². The van der Waals surface area contributed by atoms with Gasteiger partial charge in [0.1, 0.15) is 5.82 Å². The number of H-pyrrole nitrogens is 1. The summed E-state index contributed by atoms with van der Waals surface area (Å²) in [5.74, 6) is -0.476. The molecule has 0 aromatic carbocycles. The van der Waals surface area contributed by atoms with Crippen molar-refractivity contribution in [2.45, 2.75) is 26.6 Å². The monoisotopic (exact) mass is 277 g/mol. The fraction of sp³-hybridized carbons (Fsp3) is 0.444. The highest BCUT2D eigenvalue weighted by Crippen LogP contribution is 2.28. The minimum absolute atomic E-state index is 0.119. The van der Waals surface area contributed by atoms with Crippen LogP contribution in [0.25, 0.3) is 0 Å². The summed E-state index contributed by atoms with van der Waals surface area (Å²) in [5.41, 5.74) is 1.79. The van der Waals surface area contributed by atoms with Crippen LogP contribution in [-0.2, 0) is 12.7 Å². The van der Waals surface area contributed by atoms with E-state index in [1.165, 1.54) is 0 Å². The van der Waals surface area contributed by atoms with Crippen LogP contribution < -0.4 is 5.32 Å². The van der Waals surface area contributed by atoms with Gasteiger partial charge in [-0.05, 0) is 13.8 Å². The molecule has 2 heterocycles. The van der Waals surface area contributed by atoms with E-state index in [1.54, 1.807) is 0 Å². The quantitative estimate of drug-likeness (QED) is 0.904. The molecule has 0 aliphatic rings. The minimum atomic E-state index is -4.51. The average Bonchev–Trinajstić information content (AvgIpc) is 2.83. The van der Waals surface area contributed by atoms with Gasteiger partial charge in [-0.15, -0.1) is 0 Å². The fourth-order valence-electron chi connectivity index (χ4n) is 1.27. The fourth-order valence-corrected chi connectivity index (χ4v) is 1.86. The van der Waals surface area contributed by atoms with Gasteiger partial charge in [0.25, 0.3) is 0 Å². The molecule has 0 amide bonds. The Morgan fingerprint density at radius 3 is 2.50 bits per heavy atom. The molecule has 9 heteroatoms. The van der Waals surface area contributed by atoms with Crippen LogP contribution >= 0.6 is 11.5 Å². The summed E-state index contributed by atoms with van der Waals surface area (Å²) in [6, 6.07) is 0. The van der Waals surface area contributed by atoms with Gasteiger partial charge in [0.15, 0.2) is 0 Å². The highest BCUT2D eigenvalue weighted by atomic mass is 32.1. The molecule has 0 aliphatic carbocycles. The lowest BCUT2D eigenvalue weighted by Crippen LogP contribution is -2.08. The van der Waals surface area contributed by atoms with Crippen LogP contribution in [0.2, 0.25) is 0 Å². The topological polar surface area (TPSA) is 66.5 Å². The predicted octanol–water partition coefficient (Wildman–Crippen LogP) is 2.51. The Labute approximate surface area is 105 Å². The van der Waals surface area contributed by atoms with Crippen LogP contribution in [0.1, 0.15) is 23.0 Å². The van der Waals surface area contributed by atoms with Gasteiger partial charge >= 0.3 is 6.18 Å². The molecule has 2 N–H and O–H groups in total. The van der Waals surface area contributed by atoms with Crippen molar-refractivity contribution in [3.8, 4) is 0 Å². The van der Waals surface area contributed by atoms with E-state index in [0.717, 1.165) is 11.4 Å². The third-order valence-corrected chi connectivity index (χ3v) is 2.94. The number of anilines is 1. The van der Waals surface area contributed by atoms with E-state index in [1.807, 2.05) is 13.8 Å². The van der Waals surface area contributed by atoms with Crippen molar-refractivity contribution in [3.63, 3.8) is 0 Å². The third-order valence-electron chi connectivity index (χ3n) is 2.26. The van der Waals surface area contributed by atoms with Crippen molar-refractivity contribution < 1.29 is 13.2 Å². The van der Waals surface area contributed by atoms with Gasteiger partial charge in [0.2, 0.25) is 11.0 Å². The molecule has 0 saturated heterocycles. The van der Waals surface area contributed by atoms with Crippen LogP contribution in [0.3, 0.4) is 0 Å². The lowest BCUT2D eigenvalue weighted by molar-refractivity contribution is -0.144. The van der Waals surface area contributed by atoms with E-state index in [2.05, 4.69) is 24.6 Å². The zero-order valence-corrected chi connectivity index (χ0v) is 10.4. The lowest BCUT2D eigenvalue weighted by atomic mass is 10.4. The van der Waals surface area contributed by atoms with E-state index >= 15 is 0 Å². The molecular weight excluding hydrogens is 267 g/mol. The van der Waals surface area contributed by atoms with Crippen molar-refractivity contribution in [2.24, 2.45) is 0 Å². The molecule has 2 rings (SSSR count). The normalized spacial score (nSPS) is 11.8. The average molecular weight is 277 g/mol. The summed E-state index contributed by atoms with van der Waals surface area (Å²) in [7, 11) is 0. The van der Waals surface area contributed by atoms with Gasteiger partial charge < -0.3 is 10.3 Å². The maximum Gasteiger partial charge on any atom is 0.452 e. The molecule has 0 saturated carbocycles. The molecule has 0 spiro atoms. The standard InChI is InChI=1S/C9H10F3N5S/c1-4-5(2)15-6(14-4)3-13-8-16-7(17-18-8)9(10,11)12/h3H2,1-2H3,(H,14,15)(H,13,16,17). The van der Waals surface area contributed by atoms with E-state index < -0.39 is 12.0 Å². The second-order valence-electron chi connectivity index (χ2n) is 3.67. The van der Waals surface area contributed by atoms with Gasteiger partial charge in [-0.2, -0.15) is 22.5 Å². The summed E-state index contributed by atoms with van der Waals surface area (Å²) in [6.07, 6.45) is -4.51. The van der Waals surface area contributed by atoms with Crippen molar-refractivity contribution >= 4 is 16.7 Å². The Morgan fingerprint density at radius 1 is 1.28 bits per heavy atom. The number of aromatic nitrogens is 4.